The highest BCUT2D eigenvalue weighted by atomic mass is 32.1. The lowest BCUT2D eigenvalue weighted by atomic mass is 10.0. The third kappa shape index (κ3) is 2.63. The average molecular weight is 338 g/mol. The van der Waals surface area contributed by atoms with E-state index < -0.39 is 36.6 Å². The van der Waals surface area contributed by atoms with E-state index in [0.717, 1.165) is 4.88 Å². The maximum absolute atomic E-state index is 13.1. The van der Waals surface area contributed by atoms with E-state index >= 15 is 0 Å². The van der Waals surface area contributed by atoms with E-state index in [0.29, 0.717) is 12.0 Å². The van der Waals surface area contributed by atoms with Crippen LogP contribution in [0, 0.1) is 6.92 Å². The number of nitrogens with zero attached hydrogens (tertiary/aromatic N) is 2. The highest BCUT2D eigenvalue weighted by molar-refractivity contribution is 7.10. The predicted molar refractivity (Wildman–Crippen MR) is 73.6 cm³/mol. The van der Waals surface area contributed by atoms with Crippen LogP contribution < -0.4 is 0 Å². The number of aryl methyl sites for hydroxylation is 1. The summed E-state index contributed by atoms with van der Waals surface area (Å²) in [6.07, 6.45) is -7.12. The van der Waals surface area contributed by atoms with Gasteiger partial charge in [-0.3, -0.25) is 4.79 Å². The molecule has 0 spiro atoms. The molecular weight excluding hydrogens is 324 g/mol. The van der Waals surface area contributed by atoms with Gasteiger partial charge in [-0.25, -0.2) is 17.6 Å². The first-order chi connectivity index (χ1) is 10.2. The minimum absolute atomic E-state index is 0.0970. The molecule has 0 saturated heterocycles. The summed E-state index contributed by atoms with van der Waals surface area (Å²) >= 11 is 1.25. The number of amides is 1. The summed E-state index contributed by atoms with van der Waals surface area (Å²) in [6, 6.07) is 0. The van der Waals surface area contributed by atoms with Gasteiger partial charge in [0.2, 0.25) is 5.72 Å². The van der Waals surface area contributed by atoms with E-state index in [1.807, 2.05) is 0 Å². The van der Waals surface area contributed by atoms with Crippen molar-refractivity contribution < 1.29 is 27.5 Å². The zero-order chi connectivity index (χ0) is 16.7. The van der Waals surface area contributed by atoms with Crippen molar-refractivity contribution in [1.29, 1.82) is 0 Å². The van der Waals surface area contributed by atoms with Crippen LogP contribution in [0.5, 0.6) is 0 Å². The monoisotopic (exact) mass is 338 g/mol. The first-order valence-electron chi connectivity index (χ1n) is 6.50. The molecule has 4 nitrogen and oxygen atoms in total. The van der Waals surface area contributed by atoms with Crippen LogP contribution in [0.3, 0.4) is 0 Å². The van der Waals surface area contributed by atoms with Gasteiger partial charge in [0.15, 0.2) is 0 Å². The molecule has 0 aliphatic carbocycles. The van der Waals surface area contributed by atoms with Crippen LogP contribution in [0.1, 0.15) is 34.1 Å². The fraction of sp³-hybridized carbons (Fsp3) is 0.538. The Hall–Kier alpha value is -1.48. The first-order valence-corrected chi connectivity index (χ1v) is 7.37. The van der Waals surface area contributed by atoms with Gasteiger partial charge in [-0.05, 0) is 18.9 Å². The molecule has 1 aliphatic rings. The Morgan fingerprint density at radius 2 is 2.14 bits per heavy atom. The third-order valence-corrected chi connectivity index (χ3v) is 4.47. The van der Waals surface area contributed by atoms with Crippen molar-refractivity contribution in [2.75, 3.05) is 0 Å². The fourth-order valence-corrected chi connectivity index (χ4v) is 3.25. The predicted octanol–water partition coefficient (Wildman–Crippen LogP) is 3.04. The lowest BCUT2D eigenvalue weighted by Gasteiger charge is -2.30. The molecule has 0 unspecified atom stereocenters. The Morgan fingerprint density at radius 1 is 1.50 bits per heavy atom. The molecule has 2 heterocycles. The third-order valence-electron chi connectivity index (χ3n) is 3.52. The molecule has 0 fully saturated rings. The largest absolute Gasteiger partial charge is 0.364 e. The fourth-order valence-electron chi connectivity index (χ4n) is 2.32. The highest BCUT2D eigenvalue weighted by Gasteiger charge is 2.53. The van der Waals surface area contributed by atoms with Gasteiger partial charge in [-0.2, -0.15) is 10.1 Å². The maximum atomic E-state index is 13.1. The Labute approximate surface area is 128 Å². The van der Waals surface area contributed by atoms with E-state index in [4.69, 9.17) is 0 Å². The van der Waals surface area contributed by atoms with Crippen LogP contribution in [-0.2, 0) is 6.42 Å². The van der Waals surface area contributed by atoms with E-state index in [9.17, 15) is 27.5 Å². The van der Waals surface area contributed by atoms with Crippen molar-refractivity contribution in [3.63, 3.8) is 0 Å². The summed E-state index contributed by atoms with van der Waals surface area (Å²) in [6.45, 7) is 3.54. The quantitative estimate of drug-likeness (QED) is 0.858. The highest BCUT2D eigenvalue weighted by Crippen LogP contribution is 2.35. The van der Waals surface area contributed by atoms with Crippen LogP contribution >= 0.6 is 11.3 Å². The summed E-state index contributed by atoms with van der Waals surface area (Å²) in [5.74, 6) is -1.00. The molecule has 2 rings (SSSR count). The number of hydrogen-bond acceptors (Lipinski definition) is 4. The lowest BCUT2D eigenvalue weighted by molar-refractivity contribution is -0.164. The normalized spacial score (nSPS) is 21.9. The van der Waals surface area contributed by atoms with E-state index in [-0.39, 0.29) is 10.6 Å². The number of hydrazone groups is 1. The molecule has 1 atom stereocenters. The number of carbonyl (C=O) groups is 1. The van der Waals surface area contributed by atoms with Crippen LogP contribution in [0.2, 0.25) is 0 Å². The topological polar surface area (TPSA) is 52.9 Å². The summed E-state index contributed by atoms with van der Waals surface area (Å²) < 4.78 is 51.7. The SMILES string of the molecule is CCc1c(C(=O)N2N=C(C(F)F)C[C@]2(O)C(F)F)csc1C. The summed E-state index contributed by atoms with van der Waals surface area (Å²) in [7, 11) is 0. The van der Waals surface area contributed by atoms with E-state index in [1.54, 1.807) is 13.8 Å². The zero-order valence-electron chi connectivity index (χ0n) is 11.8. The summed E-state index contributed by atoms with van der Waals surface area (Å²) in [4.78, 5) is 13.2. The van der Waals surface area contributed by atoms with E-state index in [2.05, 4.69) is 5.10 Å². The van der Waals surface area contributed by atoms with Crippen molar-refractivity contribution >= 4 is 23.0 Å². The average Bonchev–Trinajstić information content (AvgIpc) is 2.99. The number of carbonyl (C=O) groups excluding carboxylic acids is 1. The van der Waals surface area contributed by atoms with Gasteiger partial charge in [0.05, 0.1) is 5.56 Å². The number of alkyl halides is 4. The number of rotatable bonds is 4. The van der Waals surface area contributed by atoms with Crippen molar-refractivity contribution in [2.24, 2.45) is 5.10 Å². The molecule has 122 valence electrons. The number of thiophene rings is 1. The van der Waals surface area contributed by atoms with Crippen LogP contribution in [-0.4, -0.2) is 40.3 Å². The van der Waals surface area contributed by atoms with Crippen molar-refractivity contribution in [3.05, 3.63) is 21.4 Å². The van der Waals surface area contributed by atoms with Gasteiger partial charge in [0, 0.05) is 16.7 Å². The van der Waals surface area contributed by atoms with E-state index in [1.165, 1.54) is 16.7 Å². The summed E-state index contributed by atoms with van der Waals surface area (Å²) in [5.41, 5.74) is -3.24. The number of halogens is 4. The molecule has 1 amide bonds. The molecule has 1 aliphatic heterocycles. The van der Waals surface area contributed by atoms with Gasteiger partial charge in [-0.1, -0.05) is 6.92 Å². The molecule has 1 aromatic rings. The molecule has 9 heteroatoms. The molecule has 0 saturated carbocycles. The Balaban J connectivity index is 2.44. The van der Waals surface area contributed by atoms with Crippen molar-refractivity contribution in [3.8, 4) is 0 Å². The minimum atomic E-state index is -3.42. The first kappa shape index (κ1) is 16.9. The Morgan fingerprint density at radius 3 is 2.64 bits per heavy atom. The number of hydrogen-bond donors (Lipinski definition) is 1. The zero-order valence-corrected chi connectivity index (χ0v) is 12.6. The van der Waals surface area contributed by atoms with Crippen LogP contribution in [0.15, 0.2) is 10.5 Å². The molecular formula is C13H14F4N2O2S. The standard InChI is InChI=1S/C13H14F4N2O2S/c1-3-7-6(2)22-5-8(7)11(20)19-13(21,12(16)17)4-9(18-19)10(14)15/h5,10,12,21H,3-4H2,1-2H3/t13-/m0/s1. The second-order valence-electron chi connectivity index (χ2n) is 4.90. The Bertz CT molecular complexity index is 617. The molecule has 1 N–H and O–H groups in total. The van der Waals surface area contributed by atoms with Crippen molar-refractivity contribution in [1.82, 2.24) is 5.01 Å². The second-order valence-corrected chi connectivity index (χ2v) is 5.99. The summed E-state index contributed by atoms with van der Waals surface area (Å²) in [5, 5.41) is 14.8. The van der Waals surface area contributed by atoms with Gasteiger partial charge in [-0.15, -0.1) is 11.3 Å². The second kappa shape index (κ2) is 5.96. The smallest absolute Gasteiger partial charge is 0.287 e. The molecule has 22 heavy (non-hydrogen) atoms. The van der Waals surface area contributed by atoms with Crippen molar-refractivity contribution in [2.45, 2.75) is 45.3 Å². The van der Waals surface area contributed by atoms with Gasteiger partial charge in [0.1, 0.15) is 5.71 Å². The van der Waals surface area contributed by atoms with Crippen LogP contribution in [0.4, 0.5) is 17.6 Å². The Kier molecular flexibility index (Phi) is 4.57. The molecule has 0 radical (unpaired) electrons. The lowest BCUT2D eigenvalue weighted by Crippen LogP contribution is -2.51. The molecule has 0 aromatic carbocycles. The van der Waals surface area contributed by atoms with Gasteiger partial charge >= 0.3 is 0 Å². The molecule has 1 aromatic heterocycles. The van der Waals surface area contributed by atoms with Gasteiger partial charge < -0.3 is 5.11 Å². The van der Waals surface area contributed by atoms with Crippen LogP contribution in [0.25, 0.3) is 0 Å². The van der Waals surface area contributed by atoms with Gasteiger partial charge in [0.25, 0.3) is 18.8 Å². The minimum Gasteiger partial charge on any atom is -0.364 e. The number of aliphatic hydroxyl groups is 1. The molecule has 0 bridgehead atoms. The maximum Gasteiger partial charge on any atom is 0.287 e.